The van der Waals surface area contributed by atoms with E-state index in [-0.39, 0.29) is 21.8 Å². The number of rotatable bonds is 9. The molecule has 1 unspecified atom stereocenters. The summed E-state index contributed by atoms with van der Waals surface area (Å²) < 4.78 is 5.65. The van der Waals surface area contributed by atoms with Crippen LogP contribution in [0.2, 0.25) is 10.0 Å². The van der Waals surface area contributed by atoms with Crippen molar-refractivity contribution in [1.82, 2.24) is 20.1 Å². The minimum atomic E-state index is -0.531. The van der Waals surface area contributed by atoms with Crippen LogP contribution in [0, 0.1) is 0 Å². The second kappa shape index (κ2) is 11.5. The lowest BCUT2D eigenvalue weighted by Crippen LogP contribution is -2.24. The van der Waals surface area contributed by atoms with Crippen molar-refractivity contribution in [3.05, 3.63) is 99.7 Å². The molecule has 0 fully saturated rings. The zero-order valence-corrected chi connectivity index (χ0v) is 20.5. The number of benzene rings is 3. The van der Waals surface area contributed by atoms with Gasteiger partial charge in [0.15, 0.2) is 5.75 Å². The van der Waals surface area contributed by atoms with Gasteiger partial charge >= 0.3 is 6.01 Å². The lowest BCUT2D eigenvalue weighted by atomic mass is 10.1. The second-order valence-corrected chi connectivity index (χ2v) is 8.96. The first kappa shape index (κ1) is 24.9. The van der Waals surface area contributed by atoms with Crippen LogP contribution in [0.3, 0.4) is 0 Å². The Morgan fingerprint density at radius 2 is 1.60 bits per heavy atom. The number of aromatic nitrogens is 3. The van der Waals surface area contributed by atoms with Crippen LogP contribution < -0.4 is 4.74 Å². The van der Waals surface area contributed by atoms with Gasteiger partial charge in [-0.1, -0.05) is 82.9 Å². The Balaban J connectivity index is 1.29. The number of halogens is 2. The molecule has 180 valence electrons. The number of aliphatic hydroxyl groups is 1. The Hall–Kier alpha value is -3.23. The number of aliphatic hydroxyl groups excluding tert-OH is 1. The summed E-state index contributed by atoms with van der Waals surface area (Å²) in [7, 11) is 1.98. The van der Waals surface area contributed by atoms with Gasteiger partial charge in [0.1, 0.15) is 12.3 Å². The average molecular weight is 511 g/mol. The van der Waals surface area contributed by atoms with Gasteiger partial charge in [0.2, 0.25) is 0 Å². The summed E-state index contributed by atoms with van der Waals surface area (Å²) >= 11 is 11.9. The van der Waals surface area contributed by atoms with Gasteiger partial charge in [-0.05, 0) is 35.9 Å². The van der Waals surface area contributed by atoms with Gasteiger partial charge in [-0.15, -0.1) is 5.10 Å². The van der Waals surface area contributed by atoms with Crippen LogP contribution in [0.5, 0.6) is 11.8 Å². The summed E-state index contributed by atoms with van der Waals surface area (Å²) in [4.78, 5) is 6.27. The number of hydrogen-bond donors (Lipinski definition) is 2. The molecule has 0 radical (unpaired) electrons. The van der Waals surface area contributed by atoms with E-state index in [1.165, 1.54) is 18.3 Å². The third kappa shape index (κ3) is 6.68. The van der Waals surface area contributed by atoms with Crippen LogP contribution in [0.1, 0.15) is 22.8 Å². The fourth-order valence-electron chi connectivity index (χ4n) is 3.52. The van der Waals surface area contributed by atoms with E-state index in [2.05, 4.69) is 20.1 Å². The Labute approximate surface area is 213 Å². The molecule has 0 saturated carbocycles. The van der Waals surface area contributed by atoms with E-state index in [0.717, 1.165) is 16.7 Å². The molecule has 0 spiro atoms. The highest BCUT2D eigenvalue weighted by Crippen LogP contribution is 2.35. The number of likely N-dealkylation sites (N-methyl/N-ethyl adjacent to an activating group) is 1. The van der Waals surface area contributed by atoms with Gasteiger partial charge in [0.05, 0.1) is 22.3 Å². The normalized spacial score (nSPS) is 12.0. The average Bonchev–Trinajstić information content (AvgIpc) is 2.87. The maximum Gasteiger partial charge on any atom is 0.336 e. The Morgan fingerprint density at radius 1 is 0.943 bits per heavy atom. The number of nitrogens with zero attached hydrogens (tertiary/aromatic N) is 4. The van der Waals surface area contributed by atoms with E-state index in [0.29, 0.717) is 31.0 Å². The summed E-state index contributed by atoms with van der Waals surface area (Å²) in [6.07, 6.45) is 0.973. The standard InChI is InChI=1S/C26H24Cl2N4O3/c1-32(15-24(33)19-5-3-2-4-6-19)14-17-7-9-18(10-8-17)16-35-26-29-13-23(30-31-26)20-11-21(27)25(34)22(28)12-20/h2-13,24,33-34H,14-16H2,1H3. The molecule has 1 atom stereocenters. The first-order chi connectivity index (χ1) is 16.9. The van der Waals surface area contributed by atoms with Gasteiger partial charge in [-0.2, -0.15) is 0 Å². The van der Waals surface area contributed by atoms with E-state index in [4.69, 9.17) is 27.9 Å². The zero-order valence-electron chi connectivity index (χ0n) is 19.0. The molecule has 0 aliphatic rings. The van der Waals surface area contributed by atoms with Crippen molar-refractivity contribution in [3.63, 3.8) is 0 Å². The molecule has 7 nitrogen and oxygen atoms in total. The highest BCUT2D eigenvalue weighted by atomic mass is 35.5. The fraction of sp³-hybridized carbons (Fsp3) is 0.192. The molecule has 0 bridgehead atoms. The van der Waals surface area contributed by atoms with E-state index < -0.39 is 6.10 Å². The van der Waals surface area contributed by atoms with Crippen molar-refractivity contribution in [2.75, 3.05) is 13.6 Å². The topological polar surface area (TPSA) is 91.6 Å². The van der Waals surface area contributed by atoms with Crippen LogP contribution in [0.25, 0.3) is 11.3 Å². The summed E-state index contributed by atoms with van der Waals surface area (Å²) in [5.74, 6) is -0.180. The number of phenolic OH excluding ortho intramolecular Hbond substituents is 1. The van der Waals surface area contributed by atoms with E-state index in [9.17, 15) is 10.2 Å². The van der Waals surface area contributed by atoms with Crippen LogP contribution >= 0.6 is 23.2 Å². The maximum absolute atomic E-state index is 10.4. The molecule has 0 aliphatic heterocycles. The monoisotopic (exact) mass is 510 g/mol. The van der Waals surface area contributed by atoms with Crippen molar-refractivity contribution in [1.29, 1.82) is 0 Å². The van der Waals surface area contributed by atoms with Gasteiger partial charge in [0, 0.05) is 18.7 Å². The molecule has 2 N–H and O–H groups in total. The molecule has 0 saturated heterocycles. The summed E-state index contributed by atoms with van der Waals surface area (Å²) in [5, 5.41) is 28.4. The fourth-order valence-corrected chi connectivity index (χ4v) is 4.00. The highest BCUT2D eigenvalue weighted by molar-refractivity contribution is 6.37. The minimum Gasteiger partial charge on any atom is -0.505 e. The SMILES string of the molecule is CN(Cc1ccc(COc2ncc(-c3cc(Cl)c(O)c(Cl)c3)nn2)cc1)CC(O)c1ccccc1. The molecule has 35 heavy (non-hydrogen) atoms. The van der Waals surface area contributed by atoms with E-state index >= 15 is 0 Å². The molecular weight excluding hydrogens is 487 g/mol. The van der Waals surface area contributed by atoms with Crippen molar-refractivity contribution in [3.8, 4) is 23.0 Å². The molecule has 4 rings (SSSR count). The van der Waals surface area contributed by atoms with Crippen LogP contribution in [-0.2, 0) is 13.2 Å². The zero-order chi connectivity index (χ0) is 24.8. The van der Waals surface area contributed by atoms with Crippen molar-refractivity contribution >= 4 is 23.2 Å². The van der Waals surface area contributed by atoms with Gasteiger partial charge in [0.25, 0.3) is 0 Å². The van der Waals surface area contributed by atoms with Crippen molar-refractivity contribution in [2.24, 2.45) is 0 Å². The van der Waals surface area contributed by atoms with Crippen LogP contribution in [0.15, 0.2) is 72.9 Å². The smallest absolute Gasteiger partial charge is 0.336 e. The van der Waals surface area contributed by atoms with Crippen LogP contribution in [-0.4, -0.2) is 43.9 Å². The number of ether oxygens (including phenoxy) is 1. The van der Waals surface area contributed by atoms with E-state index in [1.54, 1.807) is 0 Å². The molecule has 0 amide bonds. The Morgan fingerprint density at radius 3 is 2.23 bits per heavy atom. The predicted octanol–water partition coefficient (Wildman–Crippen LogP) is 5.30. The Kier molecular flexibility index (Phi) is 8.15. The number of phenols is 1. The van der Waals surface area contributed by atoms with Crippen molar-refractivity contribution in [2.45, 2.75) is 19.3 Å². The minimum absolute atomic E-state index is 0.122. The summed E-state index contributed by atoms with van der Waals surface area (Å²) in [6, 6.07) is 20.9. The second-order valence-electron chi connectivity index (χ2n) is 8.14. The Bertz CT molecular complexity index is 1230. The number of aromatic hydroxyl groups is 1. The molecule has 3 aromatic carbocycles. The molecule has 0 aliphatic carbocycles. The molecule has 1 aromatic heterocycles. The molecule has 4 aromatic rings. The lowest BCUT2D eigenvalue weighted by Gasteiger charge is -2.21. The van der Waals surface area contributed by atoms with Gasteiger partial charge in [-0.25, -0.2) is 4.98 Å². The molecular formula is C26H24Cl2N4O3. The van der Waals surface area contributed by atoms with E-state index in [1.807, 2.05) is 61.6 Å². The first-order valence-electron chi connectivity index (χ1n) is 10.9. The van der Waals surface area contributed by atoms with Gasteiger partial charge < -0.3 is 14.9 Å². The summed E-state index contributed by atoms with van der Waals surface area (Å²) in [5.41, 5.74) is 4.04. The first-order valence-corrected chi connectivity index (χ1v) is 11.6. The quantitative estimate of drug-likeness (QED) is 0.315. The number of hydrogen-bond acceptors (Lipinski definition) is 7. The van der Waals surface area contributed by atoms with Gasteiger partial charge in [-0.3, -0.25) is 4.90 Å². The maximum atomic E-state index is 10.4. The molecule has 9 heteroatoms. The molecule has 1 heterocycles. The van der Waals surface area contributed by atoms with Crippen molar-refractivity contribution < 1.29 is 14.9 Å². The third-order valence-corrected chi connectivity index (χ3v) is 5.94. The van der Waals surface area contributed by atoms with Crippen LogP contribution in [0.4, 0.5) is 0 Å². The third-order valence-electron chi connectivity index (χ3n) is 5.37. The summed E-state index contributed by atoms with van der Waals surface area (Å²) in [6.45, 7) is 1.54. The highest BCUT2D eigenvalue weighted by Gasteiger charge is 2.12. The lowest BCUT2D eigenvalue weighted by molar-refractivity contribution is 0.124. The largest absolute Gasteiger partial charge is 0.505 e. The predicted molar refractivity (Wildman–Crippen MR) is 135 cm³/mol.